The quantitative estimate of drug-likeness (QED) is 0.286. The Labute approximate surface area is 177 Å². The van der Waals surface area contributed by atoms with Crippen molar-refractivity contribution in [2.45, 2.75) is 6.61 Å². The summed E-state index contributed by atoms with van der Waals surface area (Å²) >= 11 is 6.22. The highest BCUT2D eigenvalue weighted by atomic mass is 35.5. The van der Waals surface area contributed by atoms with Crippen LogP contribution in [-0.2, 0) is 6.61 Å². The lowest BCUT2D eigenvalue weighted by atomic mass is 10.1. The maximum Gasteiger partial charge on any atom is 0.270 e. The summed E-state index contributed by atoms with van der Waals surface area (Å²) in [5.41, 5.74) is 3.49. The summed E-state index contributed by atoms with van der Waals surface area (Å²) in [4.78, 5) is 19.8. The Morgan fingerprint density at radius 3 is 2.43 bits per heavy atom. The van der Waals surface area contributed by atoms with Gasteiger partial charge < -0.3 is 4.74 Å². The molecule has 4 rings (SSSR count). The number of non-ortho nitro benzene ring substituents is 1. The molecule has 0 bridgehead atoms. The molecular formula is C23H16ClN3O3. The number of para-hydroxylation sites is 2. The van der Waals surface area contributed by atoms with Crippen LogP contribution in [0.1, 0.15) is 16.8 Å². The molecule has 4 aromatic rings. The van der Waals surface area contributed by atoms with E-state index in [9.17, 15) is 10.1 Å². The molecular weight excluding hydrogens is 402 g/mol. The molecule has 3 aromatic carbocycles. The smallest absolute Gasteiger partial charge is 0.270 e. The molecule has 0 aliphatic carbocycles. The van der Waals surface area contributed by atoms with E-state index in [1.807, 2.05) is 42.5 Å². The van der Waals surface area contributed by atoms with E-state index >= 15 is 0 Å². The SMILES string of the molecule is O=[N+]([O-])c1cccc(/C=C/c2nc3ccccc3nc2OCc2ccccc2Cl)c1. The number of hydrogen-bond donors (Lipinski definition) is 0. The molecule has 0 atom stereocenters. The molecule has 0 spiro atoms. The Morgan fingerprint density at radius 1 is 0.933 bits per heavy atom. The third kappa shape index (κ3) is 4.45. The van der Waals surface area contributed by atoms with E-state index in [0.29, 0.717) is 27.7 Å². The summed E-state index contributed by atoms with van der Waals surface area (Å²) in [6, 6.07) is 21.3. The van der Waals surface area contributed by atoms with E-state index in [1.54, 1.807) is 30.4 Å². The number of nitrogens with zero attached hydrogens (tertiary/aromatic N) is 3. The molecule has 7 heteroatoms. The first-order valence-corrected chi connectivity index (χ1v) is 9.53. The van der Waals surface area contributed by atoms with Crippen LogP contribution >= 0.6 is 11.6 Å². The Kier molecular flexibility index (Phi) is 5.68. The zero-order valence-electron chi connectivity index (χ0n) is 15.7. The number of fused-ring (bicyclic) bond motifs is 1. The number of halogens is 1. The molecule has 0 radical (unpaired) electrons. The predicted octanol–water partition coefficient (Wildman–Crippen LogP) is 5.94. The van der Waals surface area contributed by atoms with Crippen molar-refractivity contribution in [3.05, 3.63) is 105 Å². The maximum absolute atomic E-state index is 11.0. The highest BCUT2D eigenvalue weighted by Gasteiger charge is 2.10. The number of hydrogen-bond acceptors (Lipinski definition) is 5. The normalized spacial score (nSPS) is 11.1. The lowest BCUT2D eigenvalue weighted by molar-refractivity contribution is -0.384. The first-order chi connectivity index (χ1) is 14.6. The highest BCUT2D eigenvalue weighted by molar-refractivity contribution is 6.31. The number of aromatic nitrogens is 2. The highest BCUT2D eigenvalue weighted by Crippen LogP contribution is 2.24. The Bertz CT molecular complexity index is 1260. The van der Waals surface area contributed by atoms with Gasteiger partial charge in [0, 0.05) is 22.7 Å². The van der Waals surface area contributed by atoms with Crippen LogP contribution in [0, 0.1) is 10.1 Å². The van der Waals surface area contributed by atoms with E-state index < -0.39 is 4.92 Å². The van der Waals surface area contributed by atoms with Crippen molar-refractivity contribution in [1.29, 1.82) is 0 Å². The largest absolute Gasteiger partial charge is 0.471 e. The number of nitro benzene ring substituents is 1. The van der Waals surface area contributed by atoms with Crippen molar-refractivity contribution in [3.63, 3.8) is 0 Å². The van der Waals surface area contributed by atoms with E-state index in [2.05, 4.69) is 9.97 Å². The van der Waals surface area contributed by atoms with Gasteiger partial charge in [0.05, 0.1) is 16.0 Å². The van der Waals surface area contributed by atoms with Crippen LogP contribution in [0.3, 0.4) is 0 Å². The van der Waals surface area contributed by atoms with Crippen LogP contribution in [0.4, 0.5) is 5.69 Å². The molecule has 1 heterocycles. The minimum Gasteiger partial charge on any atom is -0.471 e. The van der Waals surface area contributed by atoms with Crippen LogP contribution in [0.25, 0.3) is 23.2 Å². The molecule has 148 valence electrons. The summed E-state index contributed by atoms with van der Waals surface area (Å²) in [7, 11) is 0. The summed E-state index contributed by atoms with van der Waals surface area (Å²) in [5, 5.41) is 11.6. The van der Waals surface area contributed by atoms with E-state index in [0.717, 1.165) is 11.1 Å². The Hall–Kier alpha value is -3.77. The fraction of sp³-hybridized carbons (Fsp3) is 0.0435. The zero-order valence-corrected chi connectivity index (χ0v) is 16.5. The van der Waals surface area contributed by atoms with Gasteiger partial charge in [0.2, 0.25) is 5.88 Å². The van der Waals surface area contributed by atoms with Crippen LogP contribution in [0.15, 0.2) is 72.8 Å². The van der Waals surface area contributed by atoms with Crippen LogP contribution in [0.5, 0.6) is 5.88 Å². The molecule has 6 nitrogen and oxygen atoms in total. The molecule has 0 saturated heterocycles. The van der Waals surface area contributed by atoms with Crippen molar-refractivity contribution >= 4 is 40.5 Å². The summed E-state index contributed by atoms with van der Waals surface area (Å²) < 4.78 is 5.94. The average molecular weight is 418 g/mol. The second-order valence-corrected chi connectivity index (χ2v) is 6.88. The summed E-state index contributed by atoms with van der Waals surface area (Å²) in [6.07, 6.45) is 3.48. The topological polar surface area (TPSA) is 78.2 Å². The van der Waals surface area contributed by atoms with Crippen molar-refractivity contribution in [2.24, 2.45) is 0 Å². The molecule has 0 N–H and O–H groups in total. The summed E-state index contributed by atoms with van der Waals surface area (Å²) in [5.74, 6) is 0.357. The number of rotatable bonds is 6. The van der Waals surface area contributed by atoms with Crippen LogP contribution in [-0.4, -0.2) is 14.9 Å². The fourth-order valence-corrected chi connectivity index (χ4v) is 3.08. The van der Waals surface area contributed by atoms with Crippen molar-refractivity contribution < 1.29 is 9.66 Å². The Morgan fingerprint density at radius 2 is 1.67 bits per heavy atom. The molecule has 0 saturated carbocycles. The van der Waals surface area contributed by atoms with E-state index in [1.165, 1.54) is 12.1 Å². The van der Waals surface area contributed by atoms with Gasteiger partial charge in [-0.15, -0.1) is 0 Å². The molecule has 1 aromatic heterocycles. The van der Waals surface area contributed by atoms with Gasteiger partial charge in [0.25, 0.3) is 5.69 Å². The third-order valence-electron chi connectivity index (χ3n) is 4.40. The van der Waals surface area contributed by atoms with Crippen molar-refractivity contribution in [2.75, 3.05) is 0 Å². The maximum atomic E-state index is 11.0. The molecule has 30 heavy (non-hydrogen) atoms. The first kappa shape index (κ1) is 19.5. The van der Waals surface area contributed by atoms with Gasteiger partial charge >= 0.3 is 0 Å². The molecule has 0 unspecified atom stereocenters. The van der Waals surface area contributed by atoms with Gasteiger partial charge in [-0.05, 0) is 29.8 Å². The van der Waals surface area contributed by atoms with Gasteiger partial charge in [-0.1, -0.05) is 60.1 Å². The van der Waals surface area contributed by atoms with Gasteiger partial charge in [0.15, 0.2) is 0 Å². The van der Waals surface area contributed by atoms with E-state index in [-0.39, 0.29) is 12.3 Å². The number of nitro groups is 1. The number of benzene rings is 3. The third-order valence-corrected chi connectivity index (χ3v) is 4.77. The number of ether oxygens (including phenoxy) is 1. The van der Waals surface area contributed by atoms with Crippen LogP contribution < -0.4 is 4.74 Å². The molecule has 0 fully saturated rings. The van der Waals surface area contributed by atoms with Gasteiger partial charge in [-0.25, -0.2) is 9.97 Å². The van der Waals surface area contributed by atoms with Crippen LogP contribution in [0.2, 0.25) is 5.02 Å². The molecule has 0 amide bonds. The van der Waals surface area contributed by atoms with Crippen molar-refractivity contribution in [3.8, 4) is 5.88 Å². The van der Waals surface area contributed by atoms with Crippen molar-refractivity contribution in [1.82, 2.24) is 9.97 Å². The fourth-order valence-electron chi connectivity index (χ4n) is 2.89. The minimum absolute atomic E-state index is 0.0249. The van der Waals surface area contributed by atoms with Gasteiger partial charge in [-0.2, -0.15) is 0 Å². The average Bonchev–Trinajstić information content (AvgIpc) is 2.77. The minimum atomic E-state index is -0.425. The van der Waals surface area contributed by atoms with Gasteiger partial charge in [-0.3, -0.25) is 10.1 Å². The second kappa shape index (κ2) is 8.71. The predicted molar refractivity (Wildman–Crippen MR) is 117 cm³/mol. The second-order valence-electron chi connectivity index (χ2n) is 6.47. The molecule has 0 aliphatic heterocycles. The van der Waals surface area contributed by atoms with E-state index in [4.69, 9.17) is 16.3 Å². The first-order valence-electron chi connectivity index (χ1n) is 9.16. The zero-order chi connectivity index (χ0) is 20.9. The Balaban J connectivity index is 1.68. The monoisotopic (exact) mass is 417 g/mol. The van der Waals surface area contributed by atoms with Gasteiger partial charge in [0.1, 0.15) is 12.3 Å². The summed E-state index contributed by atoms with van der Waals surface area (Å²) in [6.45, 7) is 0.240. The standard InChI is InChI=1S/C23H16ClN3O3/c24-19-9-2-1-7-17(19)15-30-23-22(25-20-10-3-4-11-21(20)26-23)13-12-16-6-5-8-18(14-16)27(28)29/h1-14H,15H2/b13-12+. The lowest BCUT2D eigenvalue weighted by Crippen LogP contribution is -2.02. The lowest BCUT2D eigenvalue weighted by Gasteiger charge is -2.10. The molecule has 0 aliphatic rings.